The Balaban J connectivity index is 2.34. The number of hydrogen-bond donors (Lipinski definition) is 1. The molecule has 0 radical (unpaired) electrons. The predicted molar refractivity (Wildman–Crippen MR) is 60.1 cm³/mol. The molecular weight excluding hydrogens is 206 g/mol. The third-order valence-corrected chi connectivity index (χ3v) is 2.20. The van der Waals surface area contributed by atoms with Crippen molar-refractivity contribution in [1.29, 1.82) is 0 Å². The predicted octanol–water partition coefficient (Wildman–Crippen LogP) is 1.27. The Bertz CT molecular complexity index is 525. The number of nitrogens with zero attached hydrogens (tertiary/aromatic N) is 2. The van der Waals surface area contributed by atoms with Crippen LogP contribution in [0.4, 0.5) is 0 Å². The molecule has 0 atom stereocenters. The molecule has 16 heavy (non-hydrogen) atoms. The van der Waals surface area contributed by atoms with E-state index in [9.17, 15) is 4.79 Å². The number of rotatable bonds is 3. The van der Waals surface area contributed by atoms with Crippen molar-refractivity contribution in [3.8, 4) is 11.4 Å². The number of H-pyrrole nitrogens is 1. The largest absolute Gasteiger partial charge is 0.494 e. The lowest BCUT2D eigenvalue weighted by molar-refractivity contribution is 0.340. The molecule has 0 unspecified atom stereocenters. The Morgan fingerprint density at radius 2 is 2.06 bits per heavy atom. The molecule has 1 aromatic carbocycles. The molecule has 84 valence electrons. The van der Waals surface area contributed by atoms with E-state index in [-0.39, 0.29) is 5.69 Å². The maximum atomic E-state index is 11.0. The standard InChI is InChI=1S/C11H13N3O2/c1-3-16-10-6-4-9(5-7-10)14-8(2)12-11(15)13-14/h4-7H,3H2,1-2H3,(H,13,15). The minimum absolute atomic E-state index is 0.341. The molecule has 1 N–H and O–H groups in total. The summed E-state index contributed by atoms with van der Waals surface area (Å²) in [5, 5.41) is 2.62. The highest BCUT2D eigenvalue weighted by Crippen LogP contribution is 2.14. The van der Waals surface area contributed by atoms with Crippen LogP contribution in [0.2, 0.25) is 0 Å². The fraction of sp³-hybridized carbons (Fsp3) is 0.273. The van der Waals surface area contributed by atoms with E-state index >= 15 is 0 Å². The maximum absolute atomic E-state index is 11.0. The Hall–Kier alpha value is -2.04. The summed E-state index contributed by atoms with van der Waals surface area (Å²) in [6, 6.07) is 7.46. The second kappa shape index (κ2) is 4.22. The zero-order valence-electron chi connectivity index (χ0n) is 9.23. The van der Waals surface area contributed by atoms with Gasteiger partial charge in [-0.15, -0.1) is 0 Å². The van der Waals surface area contributed by atoms with Crippen molar-refractivity contribution in [2.75, 3.05) is 6.61 Å². The SMILES string of the molecule is CCOc1ccc(-n2[nH]c(=O)nc2C)cc1. The average molecular weight is 219 g/mol. The topological polar surface area (TPSA) is 59.9 Å². The lowest BCUT2D eigenvalue weighted by atomic mass is 10.3. The van der Waals surface area contributed by atoms with E-state index in [0.717, 1.165) is 11.4 Å². The van der Waals surface area contributed by atoms with E-state index in [1.165, 1.54) is 0 Å². The molecule has 0 saturated heterocycles. The normalized spacial score (nSPS) is 10.4. The van der Waals surface area contributed by atoms with Crippen LogP contribution in [0.25, 0.3) is 5.69 Å². The van der Waals surface area contributed by atoms with Gasteiger partial charge in [0.15, 0.2) is 0 Å². The fourth-order valence-electron chi connectivity index (χ4n) is 1.51. The van der Waals surface area contributed by atoms with Gasteiger partial charge in [0.2, 0.25) is 0 Å². The molecule has 0 aliphatic carbocycles. The molecule has 0 fully saturated rings. The molecule has 1 aromatic heterocycles. The third-order valence-electron chi connectivity index (χ3n) is 2.20. The Labute approximate surface area is 92.7 Å². The van der Waals surface area contributed by atoms with E-state index in [0.29, 0.717) is 12.4 Å². The molecular formula is C11H13N3O2. The van der Waals surface area contributed by atoms with Crippen molar-refractivity contribution in [2.45, 2.75) is 13.8 Å². The van der Waals surface area contributed by atoms with Crippen LogP contribution in [-0.4, -0.2) is 21.4 Å². The number of hydrogen-bond acceptors (Lipinski definition) is 3. The van der Waals surface area contributed by atoms with Crippen LogP contribution < -0.4 is 10.4 Å². The van der Waals surface area contributed by atoms with Gasteiger partial charge in [0.05, 0.1) is 12.3 Å². The number of aromatic amines is 1. The van der Waals surface area contributed by atoms with Crippen LogP contribution in [0, 0.1) is 6.92 Å². The van der Waals surface area contributed by atoms with Gasteiger partial charge in [0.1, 0.15) is 11.6 Å². The molecule has 0 bridgehead atoms. The number of ether oxygens (including phenoxy) is 1. The van der Waals surface area contributed by atoms with Crippen LogP contribution in [0.5, 0.6) is 5.75 Å². The summed E-state index contributed by atoms with van der Waals surface area (Å²) < 4.78 is 6.97. The van der Waals surface area contributed by atoms with Gasteiger partial charge >= 0.3 is 5.69 Å². The summed E-state index contributed by atoms with van der Waals surface area (Å²) in [5.41, 5.74) is 0.516. The van der Waals surface area contributed by atoms with Crippen LogP contribution >= 0.6 is 0 Å². The van der Waals surface area contributed by atoms with E-state index in [1.54, 1.807) is 11.6 Å². The van der Waals surface area contributed by atoms with E-state index in [1.807, 2.05) is 31.2 Å². The van der Waals surface area contributed by atoms with E-state index in [4.69, 9.17) is 4.74 Å². The quantitative estimate of drug-likeness (QED) is 0.845. The molecule has 1 heterocycles. The Kier molecular flexibility index (Phi) is 2.76. The van der Waals surface area contributed by atoms with E-state index in [2.05, 4.69) is 10.1 Å². The Morgan fingerprint density at radius 1 is 1.38 bits per heavy atom. The lowest BCUT2D eigenvalue weighted by Crippen LogP contribution is -2.05. The van der Waals surface area contributed by atoms with Crippen molar-refractivity contribution < 1.29 is 4.74 Å². The first-order chi connectivity index (χ1) is 7.70. The van der Waals surface area contributed by atoms with Crippen molar-refractivity contribution in [3.05, 3.63) is 40.6 Å². The molecule has 0 aliphatic rings. The number of nitrogens with one attached hydrogen (secondary N) is 1. The summed E-state index contributed by atoms with van der Waals surface area (Å²) in [6.07, 6.45) is 0. The molecule has 0 saturated carbocycles. The van der Waals surface area contributed by atoms with Gasteiger partial charge in [-0.1, -0.05) is 0 Å². The molecule has 0 amide bonds. The van der Waals surface area contributed by atoms with Gasteiger partial charge in [-0.25, -0.2) is 14.6 Å². The monoisotopic (exact) mass is 219 g/mol. The highest BCUT2D eigenvalue weighted by molar-refractivity contribution is 5.37. The summed E-state index contributed by atoms with van der Waals surface area (Å²) >= 11 is 0. The van der Waals surface area contributed by atoms with Crippen LogP contribution in [0.1, 0.15) is 12.7 Å². The smallest absolute Gasteiger partial charge is 0.361 e. The first kappa shape index (κ1) is 10.5. The van der Waals surface area contributed by atoms with E-state index < -0.39 is 0 Å². The number of benzene rings is 1. The molecule has 2 aromatic rings. The van der Waals surface area contributed by atoms with Crippen molar-refractivity contribution in [3.63, 3.8) is 0 Å². The number of aromatic nitrogens is 3. The highest BCUT2D eigenvalue weighted by Gasteiger charge is 2.03. The maximum Gasteiger partial charge on any atom is 0.361 e. The van der Waals surface area contributed by atoms with Crippen LogP contribution in [0.3, 0.4) is 0 Å². The van der Waals surface area contributed by atoms with Crippen molar-refractivity contribution >= 4 is 0 Å². The van der Waals surface area contributed by atoms with Gasteiger partial charge in [0, 0.05) is 0 Å². The first-order valence-electron chi connectivity index (χ1n) is 5.09. The second-order valence-electron chi connectivity index (χ2n) is 3.34. The summed E-state index contributed by atoms with van der Waals surface area (Å²) in [5.74, 6) is 1.44. The third kappa shape index (κ3) is 1.98. The lowest BCUT2D eigenvalue weighted by Gasteiger charge is -2.06. The van der Waals surface area contributed by atoms with Gasteiger partial charge in [-0.2, -0.15) is 4.98 Å². The molecule has 5 nitrogen and oxygen atoms in total. The fourth-order valence-corrected chi connectivity index (χ4v) is 1.51. The second-order valence-corrected chi connectivity index (χ2v) is 3.34. The summed E-state index contributed by atoms with van der Waals surface area (Å²) in [4.78, 5) is 14.8. The highest BCUT2D eigenvalue weighted by atomic mass is 16.5. The summed E-state index contributed by atoms with van der Waals surface area (Å²) in [6.45, 7) is 4.35. The summed E-state index contributed by atoms with van der Waals surface area (Å²) in [7, 11) is 0. The molecule has 5 heteroatoms. The first-order valence-corrected chi connectivity index (χ1v) is 5.09. The Morgan fingerprint density at radius 3 is 2.56 bits per heavy atom. The minimum Gasteiger partial charge on any atom is -0.494 e. The van der Waals surface area contributed by atoms with Crippen molar-refractivity contribution in [2.24, 2.45) is 0 Å². The zero-order chi connectivity index (χ0) is 11.5. The molecule has 2 rings (SSSR count). The minimum atomic E-state index is -0.341. The van der Waals surface area contributed by atoms with Crippen LogP contribution in [0.15, 0.2) is 29.1 Å². The average Bonchev–Trinajstić information content (AvgIpc) is 2.59. The van der Waals surface area contributed by atoms with Gasteiger partial charge in [-0.05, 0) is 38.1 Å². The number of aryl methyl sites for hydroxylation is 1. The van der Waals surface area contributed by atoms with Crippen LogP contribution in [-0.2, 0) is 0 Å². The van der Waals surface area contributed by atoms with Gasteiger partial charge in [-0.3, -0.25) is 0 Å². The van der Waals surface area contributed by atoms with Gasteiger partial charge in [0.25, 0.3) is 0 Å². The van der Waals surface area contributed by atoms with Gasteiger partial charge < -0.3 is 4.74 Å². The molecule has 0 aliphatic heterocycles. The zero-order valence-corrected chi connectivity index (χ0v) is 9.23. The van der Waals surface area contributed by atoms with Crippen molar-refractivity contribution in [1.82, 2.24) is 14.8 Å². The molecule has 0 spiro atoms.